The van der Waals surface area contributed by atoms with Gasteiger partial charge in [-0.05, 0) is 30.5 Å². The van der Waals surface area contributed by atoms with Crippen molar-refractivity contribution in [2.24, 2.45) is 0 Å². The molecule has 0 bridgehead atoms. The molecule has 1 aromatic carbocycles. The van der Waals surface area contributed by atoms with Gasteiger partial charge in [0.25, 0.3) is 0 Å². The Morgan fingerprint density at radius 2 is 1.89 bits per heavy atom. The molecule has 0 unspecified atom stereocenters. The third-order valence-electron chi connectivity index (χ3n) is 3.47. The maximum absolute atomic E-state index is 5.87. The van der Waals surface area contributed by atoms with Gasteiger partial charge >= 0.3 is 0 Å². The van der Waals surface area contributed by atoms with Crippen LogP contribution >= 0.6 is 0 Å². The van der Waals surface area contributed by atoms with Gasteiger partial charge in [-0.3, -0.25) is 0 Å². The Kier molecular flexibility index (Phi) is 3.75. The van der Waals surface area contributed by atoms with Gasteiger partial charge in [0.2, 0.25) is 0 Å². The fraction of sp³-hybridized carbons (Fsp3) is 0.312. The van der Waals surface area contributed by atoms with Crippen molar-refractivity contribution < 1.29 is 4.74 Å². The van der Waals surface area contributed by atoms with E-state index in [2.05, 4.69) is 34.6 Å². The molecule has 2 atom stereocenters. The Bertz CT molecular complexity index is 501. The average molecular weight is 254 g/mol. The monoisotopic (exact) mass is 254 g/mol. The number of benzene rings is 1. The summed E-state index contributed by atoms with van der Waals surface area (Å²) in [5, 5.41) is 3.49. The van der Waals surface area contributed by atoms with Crippen LogP contribution in [0.3, 0.4) is 0 Å². The molecule has 98 valence electrons. The van der Waals surface area contributed by atoms with Crippen molar-refractivity contribution in [3.05, 3.63) is 60.3 Å². The standard InChI is InChI=1S/C16H18N2O/c1-2-6-13(7-3-1)15-12-14(9-11-19-15)18-16-8-4-5-10-17-16/h1-8,10,14-15H,9,11-12H2,(H,17,18)/t14-,15-/m0/s1. The highest BCUT2D eigenvalue weighted by Gasteiger charge is 2.23. The number of hydrogen-bond acceptors (Lipinski definition) is 3. The molecule has 0 amide bonds. The van der Waals surface area contributed by atoms with Gasteiger partial charge in [0.05, 0.1) is 6.10 Å². The minimum absolute atomic E-state index is 0.191. The van der Waals surface area contributed by atoms with Crippen LogP contribution in [-0.4, -0.2) is 17.6 Å². The minimum Gasteiger partial charge on any atom is -0.373 e. The first-order valence-corrected chi connectivity index (χ1v) is 6.76. The number of nitrogens with one attached hydrogen (secondary N) is 1. The van der Waals surface area contributed by atoms with Gasteiger partial charge in [0.1, 0.15) is 5.82 Å². The lowest BCUT2D eigenvalue weighted by atomic mass is 9.97. The van der Waals surface area contributed by atoms with E-state index in [0.717, 1.165) is 25.3 Å². The normalized spacial score (nSPS) is 22.9. The lowest BCUT2D eigenvalue weighted by Crippen LogP contribution is -2.30. The van der Waals surface area contributed by atoms with E-state index in [4.69, 9.17) is 4.74 Å². The van der Waals surface area contributed by atoms with Gasteiger partial charge in [-0.1, -0.05) is 36.4 Å². The number of nitrogens with zero attached hydrogens (tertiary/aromatic N) is 1. The Morgan fingerprint density at radius 3 is 2.68 bits per heavy atom. The summed E-state index contributed by atoms with van der Waals surface area (Å²) in [7, 11) is 0. The van der Waals surface area contributed by atoms with Crippen LogP contribution in [0, 0.1) is 0 Å². The zero-order valence-electron chi connectivity index (χ0n) is 10.8. The maximum atomic E-state index is 5.87. The average Bonchev–Trinajstić information content (AvgIpc) is 2.49. The highest BCUT2D eigenvalue weighted by Crippen LogP contribution is 2.29. The summed E-state index contributed by atoms with van der Waals surface area (Å²) in [5.74, 6) is 0.946. The van der Waals surface area contributed by atoms with Gasteiger partial charge in [-0.25, -0.2) is 4.98 Å². The SMILES string of the molecule is c1ccc([C@@H]2C[C@@H](Nc3ccccn3)CCO2)cc1. The fourth-order valence-corrected chi connectivity index (χ4v) is 2.49. The summed E-state index contributed by atoms with van der Waals surface area (Å²) in [6.45, 7) is 0.796. The van der Waals surface area contributed by atoms with Crippen LogP contribution in [0.2, 0.25) is 0 Å². The molecule has 1 aliphatic rings. The van der Waals surface area contributed by atoms with E-state index >= 15 is 0 Å². The van der Waals surface area contributed by atoms with E-state index in [9.17, 15) is 0 Å². The van der Waals surface area contributed by atoms with Crippen molar-refractivity contribution in [3.8, 4) is 0 Å². The lowest BCUT2D eigenvalue weighted by molar-refractivity contribution is 0.00975. The Morgan fingerprint density at radius 1 is 1.05 bits per heavy atom. The Balaban J connectivity index is 1.65. The van der Waals surface area contributed by atoms with E-state index in [1.807, 2.05) is 30.5 Å². The zero-order chi connectivity index (χ0) is 12.9. The number of ether oxygens (including phenoxy) is 1. The predicted molar refractivity (Wildman–Crippen MR) is 76.0 cm³/mol. The highest BCUT2D eigenvalue weighted by atomic mass is 16.5. The summed E-state index contributed by atoms with van der Waals surface area (Å²) in [5.41, 5.74) is 1.26. The number of rotatable bonds is 3. The third-order valence-corrected chi connectivity index (χ3v) is 3.47. The second kappa shape index (κ2) is 5.85. The summed E-state index contributed by atoms with van der Waals surface area (Å²) >= 11 is 0. The largest absolute Gasteiger partial charge is 0.373 e. The first-order chi connectivity index (χ1) is 9.42. The van der Waals surface area contributed by atoms with E-state index in [1.165, 1.54) is 5.56 Å². The second-order valence-electron chi connectivity index (χ2n) is 4.85. The van der Waals surface area contributed by atoms with Crippen LogP contribution in [0.25, 0.3) is 0 Å². The molecular weight excluding hydrogens is 236 g/mol. The van der Waals surface area contributed by atoms with Crippen LogP contribution in [0.15, 0.2) is 54.7 Å². The zero-order valence-corrected chi connectivity index (χ0v) is 10.8. The van der Waals surface area contributed by atoms with E-state index in [0.29, 0.717) is 6.04 Å². The number of pyridine rings is 1. The smallest absolute Gasteiger partial charge is 0.126 e. The van der Waals surface area contributed by atoms with Crippen molar-refractivity contribution >= 4 is 5.82 Å². The molecule has 0 spiro atoms. The highest BCUT2D eigenvalue weighted by molar-refractivity contribution is 5.34. The molecule has 3 nitrogen and oxygen atoms in total. The van der Waals surface area contributed by atoms with Crippen LogP contribution in [0.4, 0.5) is 5.82 Å². The molecule has 2 aromatic rings. The summed E-state index contributed by atoms with van der Waals surface area (Å²) in [4.78, 5) is 4.32. The van der Waals surface area contributed by atoms with E-state index in [1.54, 1.807) is 0 Å². The van der Waals surface area contributed by atoms with Crippen molar-refractivity contribution in [2.75, 3.05) is 11.9 Å². The molecule has 1 saturated heterocycles. The summed E-state index contributed by atoms with van der Waals surface area (Å²) < 4.78 is 5.87. The van der Waals surface area contributed by atoms with Gasteiger partial charge in [-0.15, -0.1) is 0 Å². The fourth-order valence-electron chi connectivity index (χ4n) is 2.49. The van der Waals surface area contributed by atoms with Crippen LogP contribution in [-0.2, 0) is 4.74 Å². The molecule has 3 rings (SSSR count). The van der Waals surface area contributed by atoms with Crippen molar-refractivity contribution in [1.82, 2.24) is 4.98 Å². The molecule has 1 fully saturated rings. The first-order valence-electron chi connectivity index (χ1n) is 6.76. The summed E-state index contributed by atoms with van der Waals surface area (Å²) in [6.07, 6.45) is 4.02. The molecular formula is C16H18N2O. The topological polar surface area (TPSA) is 34.2 Å². The van der Waals surface area contributed by atoms with Crippen molar-refractivity contribution in [2.45, 2.75) is 25.0 Å². The van der Waals surface area contributed by atoms with Gasteiger partial charge < -0.3 is 10.1 Å². The van der Waals surface area contributed by atoms with Gasteiger partial charge in [0, 0.05) is 18.8 Å². The predicted octanol–water partition coefficient (Wildman–Crippen LogP) is 3.41. The van der Waals surface area contributed by atoms with Crippen molar-refractivity contribution in [3.63, 3.8) is 0 Å². The van der Waals surface area contributed by atoms with Gasteiger partial charge in [0.15, 0.2) is 0 Å². The molecule has 0 saturated carbocycles. The Hall–Kier alpha value is -1.87. The maximum Gasteiger partial charge on any atom is 0.126 e. The second-order valence-corrected chi connectivity index (χ2v) is 4.85. The molecule has 2 heterocycles. The first kappa shape index (κ1) is 12.2. The molecule has 1 aromatic heterocycles. The molecule has 1 aliphatic heterocycles. The van der Waals surface area contributed by atoms with Crippen molar-refractivity contribution in [1.29, 1.82) is 0 Å². The molecule has 0 aliphatic carbocycles. The van der Waals surface area contributed by atoms with Crippen LogP contribution in [0.5, 0.6) is 0 Å². The van der Waals surface area contributed by atoms with E-state index < -0.39 is 0 Å². The quantitative estimate of drug-likeness (QED) is 0.911. The molecule has 19 heavy (non-hydrogen) atoms. The van der Waals surface area contributed by atoms with Crippen LogP contribution in [0.1, 0.15) is 24.5 Å². The Labute approximate surface area is 113 Å². The molecule has 3 heteroatoms. The van der Waals surface area contributed by atoms with Crippen LogP contribution < -0.4 is 5.32 Å². The number of anilines is 1. The minimum atomic E-state index is 0.191. The number of hydrogen-bond donors (Lipinski definition) is 1. The van der Waals surface area contributed by atoms with Gasteiger partial charge in [-0.2, -0.15) is 0 Å². The summed E-state index contributed by atoms with van der Waals surface area (Å²) in [6, 6.07) is 16.8. The number of aromatic nitrogens is 1. The molecule has 1 N–H and O–H groups in total. The van der Waals surface area contributed by atoms with E-state index in [-0.39, 0.29) is 6.10 Å². The molecule has 0 radical (unpaired) electrons. The lowest BCUT2D eigenvalue weighted by Gasteiger charge is -2.30. The third kappa shape index (κ3) is 3.12.